The average Bonchev–Trinajstić information content (AvgIpc) is 2.73. The molecule has 5 heteroatoms. The Kier molecular flexibility index (Phi) is 10.5. The Labute approximate surface area is 188 Å². The molecule has 0 spiro atoms. The van der Waals surface area contributed by atoms with E-state index in [1.54, 1.807) is 18.2 Å². The summed E-state index contributed by atoms with van der Waals surface area (Å²) < 4.78 is 12.8. The van der Waals surface area contributed by atoms with Crippen LogP contribution in [0.1, 0.15) is 63.5 Å². The average molecular weight is 475 g/mol. The van der Waals surface area contributed by atoms with Gasteiger partial charge < -0.3 is 14.6 Å². The number of unbranched alkanes of at least 4 members (excludes halogenated alkanes) is 4. The van der Waals surface area contributed by atoms with Crippen LogP contribution >= 0.6 is 15.9 Å². The SMILES string of the molecule is CCCCCOc1ccc(/C=C(/C(=O)O)c2cccc(Br)c2)cc1OCCCCC. The highest BCUT2D eigenvalue weighted by Gasteiger charge is 2.13. The van der Waals surface area contributed by atoms with Gasteiger partial charge in [-0.3, -0.25) is 0 Å². The summed E-state index contributed by atoms with van der Waals surface area (Å²) in [6, 6.07) is 12.9. The summed E-state index contributed by atoms with van der Waals surface area (Å²) in [5.41, 5.74) is 1.63. The van der Waals surface area contributed by atoms with Gasteiger partial charge >= 0.3 is 5.97 Å². The third-order valence-electron chi connectivity index (χ3n) is 4.66. The van der Waals surface area contributed by atoms with Gasteiger partial charge in [0, 0.05) is 4.47 Å². The third-order valence-corrected chi connectivity index (χ3v) is 5.15. The first-order valence-corrected chi connectivity index (χ1v) is 11.4. The highest BCUT2D eigenvalue weighted by molar-refractivity contribution is 9.10. The van der Waals surface area contributed by atoms with E-state index in [2.05, 4.69) is 29.8 Å². The Morgan fingerprint density at radius 3 is 2.20 bits per heavy atom. The molecule has 30 heavy (non-hydrogen) atoms. The van der Waals surface area contributed by atoms with Gasteiger partial charge in [-0.05, 0) is 54.3 Å². The summed E-state index contributed by atoms with van der Waals surface area (Å²) in [6.07, 6.45) is 8.15. The first kappa shape index (κ1) is 24.0. The second-order valence-corrected chi connectivity index (χ2v) is 8.11. The zero-order valence-electron chi connectivity index (χ0n) is 17.8. The minimum Gasteiger partial charge on any atom is -0.490 e. The number of ether oxygens (including phenoxy) is 2. The second kappa shape index (κ2) is 13.1. The van der Waals surface area contributed by atoms with Crippen molar-refractivity contribution in [2.24, 2.45) is 0 Å². The van der Waals surface area contributed by atoms with Gasteiger partial charge in [0.25, 0.3) is 0 Å². The van der Waals surface area contributed by atoms with Crippen molar-refractivity contribution in [1.82, 2.24) is 0 Å². The van der Waals surface area contributed by atoms with E-state index in [4.69, 9.17) is 9.47 Å². The fourth-order valence-corrected chi connectivity index (χ4v) is 3.41. The molecule has 0 heterocycles. The monoisotopic (exact) mass is 474 g/mol. The van der Waals surface area contributed by atoms with E-state index in [0.717, 1.165) is 48.6 Å². The molecule has 0 saturated heterocycles. The molecule has 0 fully saturated rings. The molecule has 0 bridgehead atoms. The first-order chi connectivity index (χ1) is 14.5. The Morgan fingerprint density at radius 1 is 0.933 bits per heavy atom. The van der Waals surface area contributed by atoms with Crippen LogP contribution in [0.5, 0.6) is 11.5 Å². The molecule has 0 aromatic heterocycles. The number of hydrogen-bond donors (Lipinski definition) is 1. The smallest absolute Gasteiger partial charge is 0.336 e. The number of rotatable bonds is 13. The van der Waals surface area contributed by atoms with Gasteiger partial charge in [-0.2, -0.15) is 0 Å². The summed E-state index contributed by atoms with van der Waals surface area (Å²) in [4.78, 5) is 11.9. The standard InChI is InChI=1S/C25H31BrO4/c1-3-5-7-14-29-23-13-12-19(17-24(23)30-15-8-6-4-2)16-22(25(27)28)20-10-9-11-21(26)18-20/h9-13,16-18H,3-8,14-15H2,1-2H3,(H,27,28)/b22-16+. The van der Waals surface area contributed by atoms with E-state index in [0.29, 0.717) is 30.3 Å². The summed E-state index contributed by atoms with van der Waals surface area (Å²) >= 11 is 3.41. The summed E-state index contributed by atoms with van der Waals surface area (Å²) in [6.45, 7) is 5.58. The molecule has 0 amide bonds. The molecular weight excluding hydrogens is 444 g/mol. The predicted molar refractivity (Wildman–Crippen MR) is 126 cm³/mol. The van der Waals surface area contributed by atoms with Gasteiger partial charge in [0.1, 0.15) is 0 Å². The van der Waals surface area contributed by atoms with E-state index >= 15 is 0 Å². The van der Waals surface area contributed by atoms with Gasteiger partial charge in [-0.25, -0.2) is 4.79 Å². The van der Waals surface area contributed by atoms with Crippen LogP contribution in [-0.2, 0) is 4.79 Å². The van der Waals surface area contributed by atoms with Crippen molar-refractivity contribution in [3.63, 3.8) is 0 Å². The highest BCUT2D eigenvalue weighted by atomic mass is 79.9. The van der Waals surface area contributed by atoms with Crippen molar-refractivity contribution in [2.45, 2.75) is 52.4 Å². The fourth-order valence-electron chi connectivity index (χ4n) is 3.01. The maximum absolute atomic E-state index is 11.9. The van der Waals surface area contributed by atoms with E-state index in [1.807, 2.05) is 30.3 Å². The highest BCUT2D eigenvalue weighted by Crippen LogP contribution is 2.31. The van der Waals surface area contributed by atoms with Gasteiger partial charge in [-0.15, -0.1) is 0 Å². The number of carbonyl (C=O) groups is 1. The topological polar surface area (TPSA) is 55.8 Å². The lowest BCUT2D eigenvalue weighted by atomic mass is 10.0. The normalized spacial score (nSPS) is 11.4. The molecule has 4 nitrogen and oxygen atoms in total. The molecule has 2 aromatic rings. The van der Waals surface area contributed by atoms with Crippen molar-refractivity contribution in [3.8, 4) is 11.5 Å². The maximum Gasteiger partial charge on any atom is 0.336 e. The van der Waals surface area contributed by atoms with Crippen molar-refractivity contribution in [3.05, 3.63) is 58.1 Å². The molecule has 2 aromatic carbocycles. The van der Waals surface area contributed by atoms with E-state index in [9.17, 15) is 9.90 Å². The van der Waals surface area contributed by atoms with Crippen molar-refractivity contribution in [1.29, 1.82) is 0 Å². The minimum absolute atomic E-state index is 0.227. The van der Waals surface area contributed by atoms with Gasteiger partial charge in [-0.1, -0.05) is 73.7 Å². The van der Waals surface area contributed by atoms with E-state index in [1.165, 1.54) is 0 Å². The Bertz CT molecular complexity index is 845. The number of hydrogen-bond acceptors (Lipinski definition) is 3. The quantitative estimate of drug-likeness (QED) is 0.189. The third kappa shape index (κ3) is 7.86. The van der Waals surface area contributed by atoms with Gasteiger partial charge in [0.15, 0.2) is 11.5 Å². The van der Waals surface area contributed by atoms with Crippen LogP contribution in [0, 0.1) is 0 Å². The summed E-state index contributed by atoms with van der Waals surface area (Å²) in [7, 11) is 0. The maximum atomic E-state index is 11.9. The first-order valence-electron chi connectivity index (χ1n) is 10.7. The number of benzene rings is 2. The van der Waals surface area contributed by atoms with E-state index in [-0.39, 0.29) is 5.57 Å². The lowest BCUT2D eigenvalue weighted by Gasteiger charge is -2.14. The Morgan fingerprint density at radius 2 is 1.60 bits per heavy atom. The van der Waals surface area contributed by atoms with Crippen LogP contribution in [0.25, 0.3) is 11.6 Å². The van der Waals surface area contributed by atoms with Crippen molar-refractivity contribution >= 4 is 33.5 Å². The Balaban J connectivity index is 2.28. The number of halogens is 1. The van der Waals surface area contributed by atoms with Crippen LogP contribution in [0.4, 0.5) is 0 Å². The second-order valence-electron chi connectivity index (χ2n) is 7.19. The molecule has 0 aliphatic carbocycles. The number of carboxylic acid groups (broad SMARTS) is 1. The predicted octanol–water partition coefficient (Wildman–Crippen LogP) is 7.21. The van der Waals surface area contributed by atoms with Gasteiger partial charge in [0.05, 0.1) is 18.8 Å². The van der Waals surface area contributed by atoms with Crippen LogP contribution < -0.4 is 9.47 Å². The minimum atomic E-state index is -0.974. The van der Waals surface area contributed by atoms with Crippen molar-refractivity contribution in [2.75, 3.05) is 13.2 Å². The molecule has 0 unspecified atom stereocenters. The van der Waals surface area contributed by atoms with Crippen LogP contribution in [0.15, 0.2) is 46.9 Å². The molecule has 0 radical (unpaired) electrons. The van der Waals surface area contributed by atoms with E-state index < -0.39 is 5.97 Å². The molecule has 1 N–H and O–H groups in total. The van der Waals surface area contributed by atoms with Gasteiger partial charge in [0.2, 0.25) is 0 Å². The fraction of sp³-hybridized carbons (Fsp3) is 0.400. The molecule has 0 atom stereocenters. The van der Waals surface area contributed by atoms with Crippen molar-refractivity contribution < 1.29 is 19.4 Å². The molecule has 0 aliphatic rings. The summed E-state index contributed by atoms with van der Waals surface area (Å²) in [5, 5.41) is 9.73. The zero-order chi connectivity index (χ0) is 21.8. The molecule has 2 rings (SSSR count). The lowest BCUT2D eigenvalue weighted by molar-refractivity contribution is -0.130. The number of carboxylic acids is 1. The number of aliphatic carboxylic acids is 1. The van der Waals surface area contributed by atoms with Crippen LogP contribution in [0.3, 0.4) is 0 Å². The molecule has 162 valence electrons. The lowest BCUT2D eigenvalue weighted by Crippen LogP contribution is -2.03. The summed E-state index contributed by atoms with van der Waals surface area (Å²) in [5.74, 6) is 0.396. The molecule has 0 aliphatic heterocycles. The van der Waals surface area contributed by atoms with Crippen LogP contribution in [-0.4, -0.2) is 24.3 Å². The Hall–Kier alpha value is -2.27. The van der Waals surface area contributed by atoms with Crippen LogP contribution in [0.2, 0.25) is 0 Å². The molecular formula is C25H31BrO4. The zero-order valence-corrected chi connectivity index (χ0v) is 19.4. The molecule has 0 saturated carbocycles. The largest absolute Gasteiger partial charge is 0.490 e.